The van der Waals surface area contributed by atoms with E-state index >= 15 is 0 Å². The van der Waals surface area contributed by atoms with Crippen molar-refractivity contribution in [2.75, 3.05) is 17.7 Å². The molecule has 0 radical (unpaired) electrons. The smallest absolute Gasteiger partial charge is 0.117 e. The number of phenolic OH excluding ortho intramolecular Hbond substituents is 1. The van der Waals surface area contributed by atoms with Crippen molar-refractivity contribution in [3.8, 4) is 5.75 Å². The highest BCUT2D eigenvalue weighted by atomic mass is 35.5. The molecule has 0 aliphatic rings. The van der Waals surface area contributed by atoms with E-state index in [0.717, 1.165) is 11.3 Å². The van der Waals surface area contributed by atoms with Crippen molar-refractivity contribution in [3.63, 3.8) is 0 Å². The van der Waals surface area contributed by atoms with Crippen LogP contribution in [-0.4, -0.2) is 12.2 Å². The van der Waals surface area contributed by atoms with Gasteiger partial charge in [-0.2, -0.15) is 0 Å². The first kappa shape index (κ1) is 12.6. The van der Waals surface area contributed by atoms with Crippen LogP contribution in [0.3, 0.4) is 0 Å². The third-order valence-corrected chi connectivity index (χ3v) is 3.11. The molecule has 0 amide bonds. The second-order valence-corrected chi connectivity index (χ2v) is 4.63. The Balaban J connectivity index is 2.18. The molecular formula is C14H15ClN2O. The van der Waals surface area contributed by atoms with Crippen molar-refractivity contribution >= 4 is 23.0 Å². The fourth-order valence-electron chi connectivity index (χ4n) is 1.77. The zero-order chi connectivity index (χ0) is 13.1. The monoisotopic (exact) mass is 262 g/mol. The summed E-state index contributed by atoms with van der Waals surface area (Å²) >= 11 is 6.14. The first-order valence-electron chi connectivity index (χ1n) is 5.60. The molecule has 0 saturated heterocycles. The number of nitrogens with zero attached hydrogens (tertiary/aromatic N) is 1. The minimum absolute atomic E-state index is 0.253. The summed E-state index contributed by atoms with van der Waals surface area (Å²) in [6, 6.07) is 12.6. The number of anilines is 2. The van der Waals surface area contributed by atoms with Gasteiger partial charge in [-0.05, 0) is 29.8 Å². The third-order valence-electron chi connectivity index (χ3n) is 2.76. The molecule has 4 heteroatoms. The highest BCUT2D eigenvalue weighted by Gasteiger charge is 2.06. The summed E-state index contributed by atoms with van der Waals surface area (Å²) < 4.78 is 0. The van der Waals surface area contributed by atoms with Crippen LogP contribution in [0.25, 0.3) is 0 Å². The molecule has 2 aromatic carbocycles. The maximum absolute atomic E-state index is 9.45. The lowest BCUT2D eigenvalue weighted by Crippen LogP contribution is -2.16. The number of aromatic hydroxyl groups is 1. The molecule has 18 heavy (non-hydrogen) atoms. The standard InChI is InChI=1S/C14H15ClN2O/c1-17(12-3-2-4-13(18)8-12)9-10-5-6-11(16)7-14(10)15/h2-8,18H,9,16H2,1H3. The van der Waals surface area contributed by atoms with Gasteiger partial charge in [0.05, 0.1) is 0 Å². The molecule has 0 aliphatic heterocycles. The number of hydrogen-bond donors (Lipinski definition) is 2. The number of rotatable bonds is 3. The quantitative estimate of drug-likeness (QED) is 0.835. The summed E-state index contributed by atoms with van der Waals surface area (Å²) in [4.78, 5) is 2.01. The van der Waals surface area contributed by atoms with Gasteiger partial charge in [0.25, 0.3) is 0 Å². The van der Waals surface area contributed by atoms with Crippen molar-refractivity contribution in [3.05, 3.63) is 53.1 Å². The third kappa shape index (κ3) is 2.87. The molecule has 0 atom stereocenters. The maximum atomic E-state index is 9.45. The average Bonchev–Trinajstić information content (AvgIpc) is 2.32. The zero-order valence-corrected chi connectivity index (χ0v) is 10.9. The number of halogens is 1. The topological polar surface area (TPSA) is 49.5 Å². The normalized spacial score (nSPS) is 10.3. The van der Waals surface area contributed by atoms with Gasteiger partial charge in [-0.3, -0.25) is 0 Å². The molecule has 0 spiro atoms. The minimum Gasteiger partial charge on any atom is -0.508 e. The lowest BCUT2D eigenvalue weighted by atomic mass is 10.2. The van der Waals surface area contributed by atoms with Crippen molar-refractivity contribution in [1.29, 1.82) is 0 Å². The van der Waals surface area contributed by atoms with Crippen LogP contribution in [0.1, 0.15) is 5.56 Å². The van der Waals surface area contributed by atoms with Crippen molar-refractivity contribution in [1.82, 2.24) is 0 Å². The number of hydrogen-bond acceptors (Lipinski definition) is 3. The Morgan fingerprint density at radius 3 is 2.67 bits per heavy atom. The Kier molecular flexibility index (Phi) is 3.63. The van der Waals surface area contributed by atoms with Gasteiger partial charge in [-0.1, -0.05) is 23.7 Å². The minimum atomic E-state index is 0.253. The highest BCUT2D eigenvalue weighted by Crippen LogP contribution is 2.24. The molecule has 0 fully saturated rings. The van der Waals surface area contributed by atoms with Gasteiger partial charge in [0.1, 0.15) is 5.75 Å². The molecule has 0 bridgehead atoms. The summed E-state index contributed by atoms with van der Waals surface area (Å²) in [5.74, 6) is 0.253. The Morgan fingerprint density at radius 1 is 1.22 bits per heavy atom. The lowest BCUT2D eigenvalue weighted by Gasteiger charge is -2.20. The van der Waals surface area contributed by atoms with Gasteiger partial charge in [0, 0.05) is 36.1 Å². The predicted molar refractivity (Wildman–Crippen MR) is 76.1 cm³/mol. The highest BCUT2D eigenvalue weighted by molar-refractivity contribution is 6.31. The zero-order valence-electron chi connectivity index (χ0n) is 10.1. The van der Waals surface area contributed by atoms with Gasteiger partial charge in [-0.25, -0.2) is 0 Å². The first-order valence-corrected chi connectivity index (χ1v) is 5.98. The Hall–Kier alpha value is -1.87. The summed E-state index contributed by atoms with van der Waals surface area (Å²) in [5, 5.41) is 10.1. The van der Waals surface area contributed by atoms with E-state index < -0.39 is 0 Å². The van der Waals surface area contributed by atoms with E-state index in [2.05, 4.69) is 0 Å². The number of nitrogens with two attached hydrogens (primary N) is 1. The summed E-state index contributed by atoms with van der Waals surface area (Å²) in [6.45, 7) is 0.655. The van der Waals surface area contributed by atoms with E-state index in [0.29, 0.717) is 17.3 Å². The fourth-order valence-corrected chi connectivity index (χ4v) is 2.02. The first-order chi connectivity index (χ1) is 8.56. The van der Waals surface area contributed by atoms with E-state index in [4.69, 9.17) is 17.3 Å². The SMILES string of the molecule is CN(Cc1ccc(N)cc1Cl)c1cccc(O)c1. The van der Waals surface area contributed by atoms with Gasteiger partial charge in [0.2, 0.25) is 0 Å². The molecule has 2 aromatic rings. The van der Waals surface area contributed by atoms with Crippen LogP contribution in [0.5, 0.6) is 5.75 Å². The molecule has 0 unspecified atom stereocenters. The Bertz CT molecular complexity index is 557. The summed E-state index contributed by atoms with van der Waals surface area (Å²) in [5.41, 5.74) is 8.24. The van der Waals surface area contributed by atoms with E-state index in [1.165, 1.54) is 0 Å². The molecule has 3 nitrogen and oxygen atoms in total. The molecule has 94 valence electrons. The van der Waals surface area contributed by atoms with Gasteiger partial charge in [-0.15, -0.1) is 0 Å². The van der Waals surface area contributed by atoms with Crippen LogP contribution in [0, 0.1) is 0 Å². The maximum Gasteiger partial charge on any atom is 0.117 e. The number of phenols is 1. The fraction of sp³-hybridized carbons (Fsp3) is 0.143. The van der Waals surface area contributed by atoms with Crippen molar-refractivity contribution in [2.24, 2.45) is 0 Å². The molecular weight excluding hydrogens is 248 g/mol. The van der Waals surface area contributed by atoms with Crippen LogP contribution in [-0.2, 0) is 6.54 Å². The largest absolute Gasteiger partial charge is 0.508 e. The number of benzene rings is 2. The van der Waals surface area contributed by atoms with Gasteiger partial charge < -0.3 is 15.7 Å². The summed E-state index contributed by atoms with van der Waals surface area (Å²) in [6.07, 6.45) is 0. The molecule has 0 aliphatic carbocycles. The van der Waals surface area contributed by atoms with Crippen LogP contribution < -0.4 is 10.6 Å². The summed E-state index contributed by atoms with van der Waals surface area (Å²) in [7, 11) is 1.95. The second kappa shape index (κ2) is 5.19. The average molecular weight is 263 g/mol. The molecule has 0 heterocycles. The van der Waals surface area contributed by atoms with Gasteiger partial charge >= 0.3 is 0 Å². The Labute approximate surface area is 111 Å². The van der Waals surface area contributed by atoms with Gasteiger partial charge in [0.15, 0.2) is 0 Å². The van der Waals surface area contributed by atoms with E-state index in [-0.39, 0.29) is 5.75 Å². The van der Waals surface area contributed by atoms with E-state index in [1.54, 1.807) is 18.2 Å². The van der Waals surface area contributed by atoms with Crippen molar-refractivity contribution < 1.29 is 5.11 Å². The Morgan fingerprint density at radius 2 is 2.00 bits per heavy atom. The van der Waals surface area contributed by atoms with Crippen molar-refractivity contribution in [2.45, 2.75) is 6.54 Å². The molecule has 3 N–H and O–H groups in total. The van der Waals surface area contributed by atoms with Crippen LogP contribution in [0.2, 0.25) is 5.02 Å². The van der Waals surface area contributed by atoms with Crippen LogP contribution in [0.15, 0.2) is 42.5 Å². The molecule has 2 rings (SSSR count). The van der Waals surface area contributed by atoms with Crippen LogP contribution in [0.4, 0.5) is 11.4 Å². The lowest BCUT2D eigenvalue weighted by molar-refractivity contribution is 0.475. The predicted octanol–water partition coefficient (Wildman–Crippen LogP) is 3.26. The van der Waals surface area contributed by atoms with E-state index in [9.17, 15) is 5.11 Å². The second-order valence-electron chi connectivity index (χ2n) is 4.23. The molecule has 0 saturated carbocycles. The van der Waals surface area contributed by atoms with Crippen LogP contribution >= 0.6 is 11.6 Å². The van der Waals surface area contributed by atoms with E-state index in [1.807, 2.05) is 36.2 Å². The molecule has 0 aromatic heterocycles. The number of nitrogen functional groups attached to an aromatic ring is 1.